The van der Waals surface area contributed by atoms with E-state index in [-0.39, 0.29) is 5.56 Å². The van der Waals surface area contributed by atoms with E-state index in [0.717, 1.165) is 28.8 Å². The lowest BCUT2D eigenvalue weighted by atomic mass is 9.97. The van der Waals surface area contributed by atoms with Crippen LogP contribution in [0.15, 0.2) is 115 Å². The van der Waals surface area contributed by atoms with E-state index in [1.54, 1.807) is 36.4 Å². The standard InChI is InChI=1S/C33H23F3O2/c1-21-7-9-22(10-8-21)23-13-17-27(18-14-23)33(37)38-32(25-5-3-2-4-6-25)26-15-11-24(12-16-26)28-19-29(34)31(36)30(35)20-28/h2-20,32H,1H3. The van der Waals surface area contributed by atoms with Gasteiger partial charge in [0.2, 0.25) is 0 Å². The normalized spacial score (nSPS) is 11.7. The molecule has 0 spiro atoms. The molecule has 0 saturated carbocycles. The van der Waals surface area contributed by atoms with E-state index in [4.69, 9.17) is 4.74 Å². The van der Waals surface area contributed by atoms with Crippen LogP contribution >= 0.6 is 0 Å². The number of carbonyl (C=O) groups excluding carboxylic acids is 1. The van der Waals surface area contributed by atoms with Gasteiger partial charge in [0.05, 0.1) is 5.56 Å². The van der Waals surface area contributed by atoms with Crippen LogP contribution in [0.25, 0.3) is 22.3 Å². The van der Waals surface area contributed by atoms with Gasteiger partial charge in [0.15, 0.2) is 23.6 Å². The molecule has 0 bridgehead atoms. The zero-order chi connectivity index (χ0) is 26.6. The van der Waals surface area contributed by atoms with Gasteiger partial charge < -0.3 is 4.74 Å². The van der Waals surface area contributed by atoms with E-state index in [0.29, 0.717) is 16.7 Å². The SMILES string of the molecule is Cc1ccc(-c2ccc(C(=O)OC(c3ccccc3)c3ccc(-c4cc(F)c(F)c(F)c4)cc3)cc2)cc1. The average Bonchev–Trinajstić information content (AvgIpc) is 2.95. The zero-order valence-corrected chi connectivity index (χ0v) is 20.5. The summed E-state index contributed by atoms with van der Waals surface area (Å²) >= 11 is 0. The molecule has 0 N–H and O–H groups in total. The average molecular weight is 509 g/mol. The van der Waals surface area contributed by atoms with Crippen molar-refractivity contribution in [3.63, 3.8) is 0 Å². The Morgan fingerprint density at radius 2 is 1.08 bits per heavy atom. The number of esters is 1. The molecule has 5 rings (SSSR count). The predicted molar refractivity (Wildman–Crippen MR) is 142 cm³/mol. The molecular formula is C33H23F3O2. The fourth-order valence-electron chi connectivity index (χ4n) is 4.25. The van der Waals surface area contributed by atoms with Crippen LogP contribution in [-0.4, -0.2) is 5.97 Å². The summed E-state index contributed by atoms with van der Waals surface area (Å²) in [4.78, 5) is 13.1. The van der Waals surface area contributed by atoms with Crippen LogP contribution in [0, 0.1) is 24.4 Å². The lowest BCUT2D eigenvalue weighted by molar-refractivity contribution is 0.0378. The van der Waals surface area contributed by atoms with Gasteiger partial charge in [-0.3, -0.25) is 0 Å². The van der Waals surface area contributed by atoms with Gasteiger partial charge >= 0.3 is 5.97 Å². The summed E-state index contributed by atoms with van der Waals surface area (Å²) < 4.78 is 46.8. The molecule has 2 nitrogen and oxygen atoms in total. The second-order valence-corrected chi connectivity index (χ2v) is 9.02. The highest BCUT2D eigenvalue weighted by molar-refractivity contribution is 5.90. The van der Waals surface area contributed by atoms with E-state index >= 15 is 0 Å². The van der Waals surface area contributed by atoms with E-state index in [1.165, 1.54) is 5.56 Å². The summed E-state index contributed by atoms with van der Waals surface area (Å²) in [7, 11) is 0. The molecule has 0 radical (unpaired) electrons. The van der Waals surface area contributed by atoms with Crippen molar-refractivity contribution >= 4 is 5.97 Å². The largest absolute Gasteiger partial charge is 0.449 e. The number of ether oxygens (including phenoxy) is 1. The molecular weight excluding hydrogens is 485 g/mol. The first-order valence-electron chi connectivity index (χ1n) is 12.1. The first-order chi connectivity index (χ1) is 18.4. The minimum atomic E-state index is -1.51. The van der Waals surface area contributed by atoms with Gasteiger partial charge in [-0.2, -0.15) is 0 Å². The summed E-state index contributed by atoms with van der Waals surface area (Å²) in [5.41, 5.74) is 5.77. The lowest BCUT2D eigenvalue weighted by Crippen LogP contribution is -2.13. The topological polar surface area (TPSA) is 26.3 Å². The fourth-order valence-corrected chi connectivity index (χ4v) is 4.25. The van der Waals surface area contributed by atoms with Crippen LogP contribution in [0.3, 0.4) is 0 Å². The molecule has 5 aromatic rings. The first-order valence-corrected chi connectivity index (χ1v) is 12.1. The quantitative estimate of drug-likeness (QED) is 0.169. The van der Waals surface area contributed by atoms with Gasteiger partial charge in [-0.05, 0) is 64.6 Å². The van der Waals surface area contributed by atoms with Crippen LogP contribution in [0.2, 0.25) is 0 Å². The Kier molecular flexibility index (Phi) is 7.09. The molecule has 0 saturated heterocycles. The Labute approximate surface area is 219 Å². The number of halogens is 3. The second kappa shape index (κ2) is 10.8. The van der Waals surface area contributed by atoms with Crippen LogP contribution in [0.5, 0.6) is 0 Å². The van der Waals surface area contributed by atoms with Crippen molar-refractivity contribution in [1.82, 2.24) is 0 Å². The maximum absolute atomic E-state index is 13.7. The Balaban J connectivity index is 1.40. The third-order valence-corrected chi connectivity index (χ3v) is 6.36. The van der Waals surface area contributed by atoms with Crippen molar-refractivity contribution in [2.45, 2.75) is 13.0 Å². The third kappa shape index (κ3) is 5.37. The molecule has 5 aromatic carbocycles. The molecule has 0 aliphatic rings. The van der Waals surface area contributed by atoms with E-state index in [1.807, 2.05) is 73.7 Å². The molecule has 5 heteroatoms. The van der Waals surface area contributed by atoms with Gasteiger partial charge in [0.25, 0.3) is 0 Å². The first kappa shape index (κ1) is 25.0. The summed E-state index contributed by atoms with van der Waals surface area (Å²) in [6.07, 6.45) is -0.712. The van der Waals surface area contributed by atoms with E-state index in [9.17, 15) is 18.0 Å². The number of carbonyl (C=O) groups is 1. The molecule has 38 heavy (non-hydrogen) atoms. The number of benzene rings is 5. The van der Waals surface area contributed by atoms with Crippen molar-refractivity contribution in [2.75, 3.05) is 0 Å². The van der Waals surface area contributed by atoms with Crippen molar-refractivity contribution in [1.29, 1.82) is 0 Å². The van der Waals surface area contributed by atoms with E-state index < -0.39 is 29.5 Å². The molecule has 1 unspecified atom stereocenters. The van der Waals surface area contributed by atoms with Crippen LogP contribution < -0.4 is 0 Å². The maximum atomic E-state index is 13.7. The highest BCUT2D eigenvalue weighted by Crippen LogP contribution is 2.31. The highest BCUT2D eigenvalue weighted by atomic mass is 19.2. The van der Waals surface area contributed by atoms with Gasteiger partial charge in [0.1, 0.15) is 0 Å². The summed E-state index contributed by atoms with van der Waals surface area (Å²) in [5.74, 6) is -4.50. The summed E-state index contributed by atoms with van der Waals surface area (Å²) in [5, 5.41) is 0. The lowest BCUT2D eigenvalue weighted by Gasteiger charge is -2.19. The molecule has 0 aliphatic heterocycles. The zero-order valence-electron chi connectivity index (χ0n) is 20.5. The van der Waals surface area contributed by atoms with Gasteiger partial charge in [-0.1, -0.05) is 96.6 Å². The van der Waals surface area contributed by atoms with Crippen LogP contribution in [0.1, 0.15) is 33.2 Å². The summed E-state index contributed by atoms with van der Waals surface area (Å²) in [6.45, 7) is 2.03. The predicted octanol–water partition coefficient (Wildman–Crippen LogP) is 8.69. The molecule has 0 heterocycles. The minimum Gasteiger partial charge on any atom is -0.449 e. The van der Waals surface area contributed by atoms with Crippen LogP contribution in [0.4, 0.5) is 13.2 Å². The van der Waals surface area contributed by atoms with Gasteiger partial charge in [-0.15, -0.1) is 0 Å². The number of hydrogen-bond acceptors (Lipinski definition) is 2. The van der Waals surface area contributed by atoms with Crippen molar-refractivity contribution in [3.8, 4) is 22.3 Å². The molecule has 188 valence electrons. The number of rotatable bonds is 6. The molecule has 0 amide bonds. The Bertz CT molecular complexity index is 1540. The Hall–Kier alpha value is -4.64. The van der Waals surface area contributed by atoms with Gasteiger partial charge in [-0.25, -0.2) is 18.0 Å². The Morgan fingerprint density at radius 1 is 0.605 bits per heavy atom. The molecule has 0 fully saturated rings. The Morgan fingerprint density at radius 3 is 1.66 bits per heavy atom. The second-order valence-electron chi connectivity index (χ2n) is 9.02. The number of aryl methyl sites for hydroxylation is 1. The molecule has 0 aliphatic carbocycles. The minimum absolute atomic E-state index is 0.204. The highest BCUT2D eigenvalue weighted by Gasteiger charge is 2.21. The summed E-state index contributed by atoms with van der Waals surface area (Å²) in [6, 6.07) is 33.3. The van der Waals surface area contributed by atoms with Gasteiger partial charge in [0, 0.05) is 0 Å². The molecule has 1 atom stereocenters. The molecule has 0 aromatic heterocycles. The third-order valence-electron chi connectivity index (χ3n) is 6.36. The van der Waals surface area contributed by atoms with Crippen molar-refractivity contribution < 1.29 is 22.7 Å². The van der Waals surface area contributed by atoms with Crippen molar-refractivity contribution in [2.24, 2.45) is 0 Å². The smallest absolute Gasteiger partial charge is 0.339 e. The van der Waals surface area contributed by atoms with Crippen LogP contribution in [-0.2, 0) is 4.74 Å². The maximum Gasteiger partial charge on any atom is 0.339 e. The number of hydrogen-bond donors (Lipinski definition) is 0. The fraction of sp³-hybridized carbons (Fsp3) is 0.0606. The van der Waals surface area contributed by atoms with E-state index in [2.05, 4.69) is 0 Å². The monoisotopic (exact) mass is 508 g/mol. The van der Waals surface area contributed by atoms with Crippen molar-refractivity contribution in [3.05, 3.63) is 155 Å².